The Morgan fingerprint density at radius 3 is 2.63 bits per heavy atom. The number of hydrogen-bond donors (Lipinski definition) is 2. The highest BCUT2D eigenvalue weighted by atomic mass is 32.2. The van der Waals surface area contributed by atoms with Crippen LogP contribution in [0.25, 0.3) is 0 Å². The van der Waals surface area contributed by atoms with Crippen molar-refractivity contribution in [2.75, 3.05) is 24.6 Å². The average molecular weight is 306 g/mol. The van der Waals surface area contributed by atoms with E-state index in [0.29, 0.717) is 11.8 Å². The maximum atomic E-state index is 11.8. The summed E-state index contributed by atoms with van der Waals surface area (Å²) >= 11 is 1.91. The minimum absolute atomic E-state index is 0.275. The van der Waals surface area contributed by atoms with Gasteiger partial charge in [0.25, 0.3) is 0 Å². The fourth-order valence-corrected chi connectivity index (χ4v) is 4.80. The topological polar surface area (TPSA) is 58.2 Å². The molecule has 0 aromatic carbocycles. The minimum atomic E-state index is -3.06. The molecule has 1 unspecified atom stereocenters. The van der Waals surface area contributed by atoms with Gasteiger partial charge in [0.05, 0.1) is 5.75 Å². The molecule has 19 heavy (non-hydrogen) atoms. The summed E-state index contributed by atoms with van der Waals surface area (Å²) in [6.07, 6.45) is 7.97. The highest BCUT2D eigenvalue weighted by Crippen LogP contribution is 2.24. The minimum Gasteiger partial charge on any atom is -0.314 e. The molecule has 0 radical (unpaired) electrons. The maximum Gasteiger partial charge on any atom is 0.211 e. The molecule has 4 nitrogen and oxygen atoms in total. The Balaban J connectivity index is 1.52. The van der Waals surface area contributed by atoms with Crippen LogP contribution < -0.4 is 10.0 Å². The molecule has 0 aromatic heterocycles. The van der Waals surface area contributed by atoms with E-state index in [2.05, 4.69) is 10.0 Å². The highest BCUT2D eigenvalue weighted by Gasteiger charge is 2.20. The van der Waals surface area contributed by atoms with Crippen LogP contribution in [0, 0.1) is 0 Å². The summed E-state index contributed by atoms with van der Waals surface area (Å²) in [5.74, 6) is 1.45. The molecule has 0 bridgehead atoms. The molecule has 1 saturated carbocycles. The first-order valence-electron chi connectivity index (χ1n) is 7.48. The van der Waals surface area contributed by atoms with E-state index in [1.807, 2.05) is 11.8 Å². The Morgan fingerprint density at radius 2 is 1.95 bits per heavy atom. The Morgan fingerprint density at radius 1 is 1.11 bits per heavy atom. The smallest absolute Gasteiger partial charge is 0.211 e. The molecule has 0 amide bonds. The van der Waals surface area contributed by atoms with Crippen LogP contribution in [0.1, 0.15) is 44.9 Å². The van der Waals surface area contributed by atoms with E-state index in [9.17, 15) is 8.42 Å². The molecule has 6 heteroatoms. The Hall–Kier alpha value is 0.220. The highest BCUT2D eigenvalue weighted by molar-refractivity contribution is 8.00. The second-order valence-corrected chi connectivity index (χ2v) is 8.93. The normalized spacial score (nSPS) is 24.5. The third-order valence-corrected chi connectivity index (χ3v) is 6.49. The van der Waals surface area contributed by atoms with Crippen LogP contribution in [0.15, 0.2) is 0 Å². The summed E-state index contributed by atoms with van der Waals surface area (Å²) in [7, 11) is -3.06. The zero-order valence-electron chi connectivity index (χ0n) is 11.6. The predicted molar refractivity (Wildman–Crippen MR) is 82.1 cm³/mol. The molecule has 2 aliphatic rings. The molecule has 1 heterocycles. The van der Waals surface area contributed by atoms with Gasteiger partial charge in [-0.25, -0.2) is 13.1 Å². The molecule has 1 aliphatic heterocycles. The molecular weight excluding hydrogens is 280 g/mol. The van der Waals surface area contributed by atoms with Gasteiger partial charge in [-0.1, -0.05) is 6.42 Å². The standard InChI is InChI=1S/C13H26N2O2S2/c16-19(17,10-4-2-8-14-12-6-7-12)15-11-13-5-1-3-9-18-13/h12-15H,1-11H2. The van der Waals surface area contributed by atoms with Crippen molar-refractivity contribution in [3.63, 3.8) is 0 Å². The van der Waals surface area contributed by atoms with Crippen molar-refractivity contribution in [3.05, 3.63) is 0 Å². The molecule has 2 rings (SSSR count). The fraction of sp³-hybridized carbons (Fsp3) is 1.00. The summed E-state index contributed by atoms with van der Waals surface area (Å²) in [5.41, 5.74) is 0. The van der Waals surface area contributed by atoms with E-state index in [0.717, 1.165) is 31.8 Å². The van der Waals surface area contributed by atoms with E-state index in [1.54, 1.807) is 0 Å². The zero-order valence-corrected chi connectivity index (χ0v) is 13.2. The van der Waals surface area contributed by atoms with Crippen molar-refractivity contribution in [3.8, 4) is 0 Å². The Labute approximate surface area is 121 Å². The lowest BCUT2D eigenvalue weighted by Crippen LogP contribution is -2.33. The Kier molecular flexibility index (Phi) is 6.45. The van der Waals surface area contributed by atoms with Crippen LogP contribution in [0.5, 0.6) is 0 Å². The molecule has 1 aliphatic carbocycles. The van der Waals surface area contributed by atoms with Crippen LogP contribution in [0.3, 0.4) is 0 Å². The lowest BCUT2D eigenvalue weighted by Gasteiger charge is -2.21. The van der Waals surface area contributed by atoms with Crippen LogP contribution in [0.2, 0.25) is 0 Å². The average Bonchev–Trinajstić information content (AvgIpc) is 3.21. The van der Waals surface area contributed by atoms with Crippen LogP contribution >= 0.6 is 11.8 Å². The molecule has 112 valence electrons. The number of unbranched alkanes of at least 4 members (excludes halogenated alkanes) is 1. The first-order valence-corrected chi connectivity index (χ1v) is 10.2. The van der Waals surface area contributed by atoms with Crippen molar-refractivity contribution in [1.29, 1.82) is 0 Å². The Bertz CT molecular complexity index is 350. The van der Waals surface area contributed by atoms with Gasteiger partial charge in [-0.2, -0.15) is 11.8 Å². The second-order valence-electron chi connectivity index (χ2n) is 5.59. The molecule has 2 N–H and O–H groups in total. The summed E-state index contributed by atoms with van der Waals surface area (Å²) in [6.45, 7) is 1.58. The number of thioether (sulfide) groups is 1. The lowest BCUT2D eigenvalue weighted by atomic mass is 10.2. The van der Waals surface area contributed by atoms with Crippen molar-refractivity contribution in [2.45, 2.75) is 56.2 Å². The van der Waals surface area contributed by atoms with Gasteiger partial charge in [0, 0.05) is 17.8 Å². The maximum absolute atomic E-state index is 11.8. The molecule has 1 saturated heterocycles. The summed E-state index contributed by atoms with van der Waals surface area (Å²) in [4.78, 5) is 0. The van der Waals surface area contributed by atoms with Crippen LogP contribution in [0.4, 0.5) is 0 Å². The number of hydrogen-bond acceptors (Lipinski definition) is 4. The van der Waals surface area contributed by atoms with Crippen molar-refractivity contribution in [1.82, 2.24) is 10.0 Å². The lowest BCUT2D eigenvalue weighted by molar-refractivity contribution is 0.566. The van der Waals surface area contributed by atoms with E-state index >= 15 is 0 Å². The van der Waals surface area contributed by atoms with Gasteiger partial charge in [0.15, 0.2) is 0 Å². The SMILES string of the molecule is O=S(=O)(CCCCNC1CC1)NCC1CCCCS1. The first kappa shape index (κ1) is 15.6. The van der Waals surface area contributed by atoms with Crippen molar-refractivity contribution >= 4 is 21.8 Å². The quantitative estimate of drug-likeness (QED) is 0.637. The monoisotopic (exact) mass is 306 g/mol. The first-order chi connectivity index (χ1) is 9.16. The predicted octanol–water partition coefficient (Wildman–Crippen LogP) is 1.72. The van der Waals surface area contributed by atoms with E-state index in [1.165, 1.54) is 31.4 Å². The zero-order chi connectivity index (χ0) is 13.6. The molecular formula is C13H26N2O2S2. The van der Waals surface area contributed by atoms with E-state index in [-0.39, 0.29) is 5.75 Å². The fourth-order valence-electron chi connectivity index (χ4n) is 2.27. The van der Waals surface area contributed by atoms with Gasteiger partial charge in [0.1, 0.15) is 0 Å². The summed E-state index contributed by atoms with van der Waals surface area (Å²) in [6, 6.07) is 0.720. The number of nitrogens with one attached hydrogen (secondary N) is 2. The molecule has 2 fully saturated rings. The van der Waals surface area contributed by atoms with Crippen LogP contribution in [-0.2, 0) is 10.0 Å². The molecule has 1 atom stereocenters. The van der Waals surface area contributed by atoms with Gasteiger partial charge in [-0.3, -0.25) is 0 Å². The van der Waals surface area contributed by atoms with Gasteiger partial charge >= 0.3 is 0 Å². The van der Waals surface area contributed by atoms with Gasteiger partial charge in [0.2, 0.25) is 10.0 Å². The summed E-state index contributed by atoms with van der Waals surface area (Å²) in [5, 5.41) is 3.89. The van der Waals surface area contributed by atoms with Crippen LogP contribution in [-0.4, -0.2) is 44.3 Å². The number of rotatable bonds is 9. The van der Waals surface area contributed by atoms with Gasteiger partial charge in [-0.05, 0) is 50.8 Å². The van der Waals surface area contributed by atoms with Gasteiger partial charge in [-0.15, -0.1) is 0 Å². The van der Waals surface area contributed by atoms with E-state index < -0.39 is 10.0 Å². The van der Waals surface area contributed by atoms with E-state index in [4.69, 9.17) is 0 Å². The largest absolute Gasteiger partial charge is 0.314 e. The summed E-state index contributed by atoms with van der Waals surface area (Å²) < 4.78 is 26.5. The van der Waals surface area contributed by atoms with Gasteiger partial charge < -0.3 is 5.32 Å². The molecule has 0 aromatic rings. The third-order valence-electron chi connectivity index (χ3n) is 3.66. The van der Waals surface area contributed by atoms with Crippen molar-refractivity contribution < 1.29 is 8.42 Å². The third kappa shape index (κ3) is 6.97. The number of sulfonamides is 1. The molecule has 0 spiro atoms. The second kappa shape index (κ2) is 7.86. The van der Waals surface area contributed by atoms with Crippen molar-refractivity contribution in [2.24, 2.45) is 0 Å².